The van der Waals surface area contributed by atoms with Gasteiger partial charge in [-0.1, -0.05) is 15.9 Å². The lowest BCUT2D eigenvalue weighted by Crippen LogP contribution is -2.28. The summed E-state index contributed by atoms with van der Waals surface area (Å²) in [6.07, 6.45) is 0.0530. The third-order valence-corrected chi connectivity index (χ3v) is 5.41. The molecule has 1 heterocycles. The van der Waals surface area contributed by atoms with Crippen LogP contribution in [0.25, 0.3) is 0 Å². The summed E-state index contributed by atoms with van der Waals surface area (Å²) >= 11 is 3.41. The molecule has 158 valence electrons. The van der Waals surface area contributed by atoms with Crippen molar-refractivity contribution in [3.8, 4) is 5.75 Å². The standard InChI is InChI=1S/C22H23BrN2O5/c1-13-8-16(23)9-14(2)21(13)24-19(26)12-30-22(28)15-10-20(27)25(11-15)17-4-6-18(29-3)7-5-17/h4-9,15H,10-12H2,1-3H3,(H,24,26). The Labute approximate surface area is 183 Å². The molecular formula is C22H23BrN2O5. The first-order valence-electron chi connectivity index (χ1n) is 9.46. The number of methoxy groups -OCH3 is 1. The van der Waals surface area contributed by atoms with Gasteiger partial charge in [-0.3, -0.25) is 14.4 Å². The monoisotopic (exact) mass is 474 g/mol. The number of carbonyl (C=O) groups excluding carboxylic acids is 3. The molecule has 0 bridgehead atoms. The van der Waals surface area contributed by atoms with Crippen LogP contribution in [0, 0.1) is 19.8 Å². The average Bonchev–Trinajstić information content (AvgIpc) is 3.10. The second kappa shape index (κ2) is 9.30. The van der Waals surface area contributed by atoms with Crippen molar-refractivity contribution >= 4 is 45.1 Å². The number of halogens is 1. The van der Waals surface area contributed by atoms with Crippen molar-refractivity contribution in [1.29, 1.82) is 0 Å². The van der Waals surface area contributed by atoms with Gasteiger partial charge in [-0.15, -0.1) is 0 Å². The number of carbonyl (C=O) groups is 3. The van der Waals surface area contributed by atoms with Crippen molar-refractivity contribution in [3.05, 3.63) is 52.0 Å². The lowest BCUT2D eigenvalue weighted by atomic mass is 10.1. The Morgan fingerprint density at radius 3 is 2.40 bits per heavy atom. The number of hydrogen-bond acceptors (Lipinski definition) is 5. The van der Waals surface area contributed by atoms with Crippen LogP contribution in [0.15, 0.2) is 40.9 Å². The van der Waals surface area contributed by atoms with Crippen molar-refractivity contribution in [2.75, 3.05) is 30.5 Å². The van der Waals surface area contributed by atoms with Gasteiger partial charge in [-0.2, -0.15) is 0 Å². The van der Waals surface area contributed by atoms with Crippen molar-refractivity contribution in [1.82, 2.24) is 0 Å². The summed E-state index contributed by atoms with van der Waals surface area (Å²) in [6.45, 7) is 3.59. The van der Waals surface area contributed by atoms with Gasteiger partial charge in [0.15, 0.2) is 6.61 Å². The fourth-order valence-electron chi connectivity index (χ4n) is 3.42. The second-order valence-electron chi connectivity index (χ2n) is 7.17. The van der Waals surface area contributed by atoms with Crippen LogP contribution in [-0.2, 0) is 19.1 Å². The van der Waals surface area contributed by atoms with Crippen LogP contribution in [0.3, 0.4) is 0 Å². The quantitative estimate of drug-likeness (QED) is 0.646. The van der Waals surface area contributed by atoms with Crippen molar-refractivity contribution < 1.29 is 23.9 Å². The Morgan fingerprint density at radius 1 is 1.17 bits per heavy atom. The van der Waals surface area contributed by atoms with Crippen molar-refractivity contribution in [3.63, 3.8) is 0 Å². The van der Waals surface area contributed by atoms with E-state index < -0.39 is 24.4 Å². The molecule has 30 heavy (non-hydrogen) atoms. The first-order chi connectivity index (χ1) is 14.3. The third-order valence-electron chi connectivity index (χ3n) is 4.95. The van der Waals surface area contributed by atoms with Gasteiger partial charge in [0.1, 0.15) is 5.75 Å². The zero-order valence-corrected chi connectivity index (χ0v) is 18.6. The average molecular weight is 475 g/mol. The lowest BCUT2D eigenvalue weighted by molar-refractivity contribution is -0.151. The molecule has 2 aromatic rings. The molecule has 0 aromatic heterocycles. The zero-order valence-electron chi connectivity index (χ0n) is 17.0. The van der Waals surface area contributed by atoms with E-state index in [0.29, 0.717) is 17.1 Å². The lowest BCUT2D eigenvalue weighted by Gasteiger charge is -2.17. The topological polar surface area (TPSA) is 84.9 Å². The largest absolute Gasteiger partial charge is 0.497 e. The van der Waals surface area contributed by atoms with E-state index >= 15 is 0 Å². The Balaban J connectivity index is 1.55. The van der Waals surface area contributed by atoms with Crippen LogP contribution in [0.4, 0.5) is 11.4 Å². The fourth-order valence-corrected chi connectivity index (χ4v) is 4.10. The van der Waals surface area contributed by atoms with E-state index in [1.807, 2.05) is 26.0 Å². The molecule has 2 amide bonds. The molecule has 3 rings (SSSR count). The Hall–Kier alpha value is -2.87. The highest BCUT2D eigenvalue weighted by atomic mass is 79.9. The number of ether oxygens (including phenoxy) is 2. The summed E-state index contributed by atoms with van der Waals surface area (Å²) in [7, 11) is 1.57. The number of rotatable bonds is 6. The van der Waals surface area contributed by atoms with Crippen molar-refractivity contribution in [2.45, 2.75) is 20.3 Å². The molecule has 1 unspecified atom stereocenters. The molecule has 0 radical (unpaired) electrons. The maximum Gasteiger partial charge on any atom is 0.311 e. The molecule has 2 aromatic carbocycles. The summed E-state index contributed by atoms with van der Waals surface area (Å²) in [5.74, 6) is -1.06. The van der Waals surface area contributed by atoms with E-state index in [1.165, 1.54) is 0 Å². The molecule has 1 atom stereocenters. The summed E-state index contributed by atoms with van der Waals surface area (Å²) in [6, 6.07) is 10.8. The van der Waals surface area contributed by atoms with Crippen LogP contribution in [-0.4, -0.2) is 38.0 Å². The molecule has 0 aliphatic carbocycles. The van der Waals surface area contributed by atoms with Gasteiger partial charge in [-0.25, -0.2) is 0 Å². The highest BCUT2D eigenvalue weighted by molar-refractivity contribution is 9.10. The fraction of sp³-hybridized carbons (Fsp3) is 0.318. The molecule has 1 fully saturated rings. The normalized spacial score (nSPS) is 15.8. The maximum absolute atomic E-state index is 12.4. The van der Waals surface area contributed by atoms with Gasteiger partial charge in [0, 0.05) is 28.8 Å². The van der Waals surface area contributed by atoms with Crippen LogP contribution in [0.5, 0.6) is 5.75 Å². The molecule has 0 spiro atoms. The zero-order chi connectivity index (χ0) is 21.8. The molecule has 1 aliphatic heterocycles. The maximum atomic E-state index is 12.4. The van der Waals surface area contributed by atoms with E-state index in [1.54, 1.807) is 36.3 Å². The molecule has 0 saturated carbocycles. The molecule has 1 saturated heterocycles. The van der Waals surface area contributed by atoms with E-state index in [-0.39, 0.29) is 18.9 Å². The third kappa shape index (κ3) is 4.99. The van der Waals surface area contributed by atoms with Gasteiger partial charge in [0.2, 0.25) is 5.91 Å². The summed E-state index contributed by atoms with van der Waals surface area (Å²) < 4.78 is 11.2. The minimum Gasteiger partial charge on any atom is -0.497 e. The Morgan fingerprint density at radius 2 is 1.80 bits per heavy atom. The van der Waals surface area contributed by atoms with Crippen LogP contribution >= 0.6 is 15.9 Å². The number of nitrogens with one attached hydrogen (secondary N) is 1. The molecular weight excluding hydrogens is 452 g/mol. The van der Waals surface area contributed by atoms with Gasteiger partial charge in [0.05, 0.1) is 13.0 Å². The highest BCUT2D eigenvalue weighted by Gasteiger charge is 2.36. The highest BCUT2D eigenvalue weighted by Crippen LogP contribution is 2.28. The molecule has 8 heteroatoms. The predicted octanol–water partition coefficient (Wildman–Crippen LogP) is 3.61. The van der Waals surface area contributed by atoms with Gasteiger partial charge < -0.3 is 19.7 Å². The summed E-state index contributed by atoms with van der Waals surface area (Å²) in [5, 5.41) is 2.78. The van der Waals surface area contributed by atoms with Gasteiger partial charge >= 0.3 is 5.97 Å². The van der Waals surface area contributed by atoms with Crippen LogP contribution in [0.1, 0.15) is 17.5 Å². The number of esters is 1. The Bertz CT molecular complexity index is 951. The Kier molecular flexibility index (Phi) is 6.77. The second-order valence-corrected chi connectivity index (χ2v) is 8.09. The van der Waals surface area contributed by atoms with E-state index in [4.69, 9.17) is 9.47 Å². The number of anilines is 2. The number of nitrogens with zero attached hydrogens (tertiary/aromatic N) is 1. The predicted molar refractivity (Wildman–Crippen MR) is 117 cm³/mol. The summed E-state index contributed by atoms with van der Waals surface area (Å²) in [4.78, 5) is 38.5. The first-order valence-corrected chi connectivity index (χ1v) is 10.3. The number of hydrogen-bond donors (Lipinski definition) is 1. The van der Waals surface area contributed by atoms with Gasteiger partial charge in [0.25, 0.3) is 5.91 Å². The molecule has 7 nitrogen and oxygen atoms in total. The summed E-state index contributed by atoms with van der Waals surface area (Å²) in [5.41, 5.74) is 3.19. The van der Waals surface area contributed by atoms with E-state index in [0.717, 1.165) is 15.6 Å². The van der Waals surface area contributed by atoms with E-state index in [9.17, 15) is 14.4 Å². The number of amides is 2. The van der Waals surface area contributed by atoms with Crippen LogP contribution in [0.2, 0.25) is 0 Å². The SMILES string of the molecule is COc1ccc(N2CC(C(=O)OCC(=O)Nc3c(C)cc(Br)cc3C)CC2=O)cc1. The molecule has 1 N–H and O–H groups in total. The number of aryl methyl sites for hydroxylation is 2. The minimum absolute atomic E-state index is 0.0530. The number of benzene rings is 2. The van der Waals surface area contributed by atoms with E-state index in [2.05, 4.69) is 21.2 Å². The van der Waals surface area contributed by atoms with Crippen LogP contribution < -0.4 is 15.0 Å². The smallest absolute Gasteiger partial charge is 0.311 e. The van der Waals surface area contributed by atoms with Crippen molar-refractivity contribution in [2.24, 2.45) is 5.92 Å². The molecule has 1 aliphatic rings. The minimum atomic E-state index is -0.608. The first kappa shape index (κ1) is 21.8. The van der Waals surface area contributed by atoms with Gasteiger partial charge in [-0.05, 0) is 61.4 Å².